The summed E-state index contributed by atoms with van der Waals surface area (Å²) in [5, 5.41) is 3.99. The van der Waals surface area contributed by atoms with Gasteiger partial charge in [0, 0.05) is 18.7 Å². The fourth-order valence-electron chi connectivity index (χ4n) is 2.06. The summed E-state index contributed by atoms with van der Waals surface area (Å²) >= 11 is 0. The van der Waals surface area contributed by atoms with Gasteiger partial charge < -0.3 is 4.52 Å². The maximum absolute atomic E-state index is 5.19. The van der Waals surface area contributed by atoms with Gasteiger partial charge in [-0.15, -0.1) is 0 Å². The third-order valence-corrected chi connectivity index (χ3v) is 3.18. The SMILES string of the molecule is Cc1ccc(CN(C)Cc2c(C)noc2C)cc1. The van der Waals surface area contributed by atoms with Crippen LogP contribution in [0.25, 0.3) is 0 Å². The van der Waals surface area contributed by atoms with Crippen LogP contribution in [0.15, 0.2) is 28.8 Å². The number of rotatable bonds is 4. The van der Waals surface area contributed by atoms with Gasteiger partial charge in [0.25, 0.3) is 0 Å². The van der Waals surface area contributed by atoms with Crippen LogP contribution in [0, 0.1) is 20.8 Å². The zero-order chi connectivity index (χ0) is 13.1. The fourth-order valence-corrected chi connectivity index (χ4v) is 2.06. The third-order valence-electron chi connectivity index (χ3n) is 3.18. The Kier molecular flexibility index (Phi) is 3.82. The number of hydrogen-bond donors (Lipinski definition) is 0. The van der Waals surface area contributed by atoms with E-state index in [1.54, 1.807) is 0 Å². The predicted molar refractivity (Wildman–Crippen MR) is 72.3 cm³/mol. The summed E-state index contributed by atoms with van der Waals surface area (Å²) in [5.41, 5.74) is 4.81. The molecule has 1 heterocycles. The standard InChI is InChI=1S/C15H20N2O/c1-11-5-7-14(8-6-11)9-17(4)10-15-12(2)16-18-13(15)3/h5-8H,9-10H2,1-4H3. The number of nitrogens with zero attached hydrogens (tertiary/aromatic N) is 2. The Balaban J connectivity index is 2.01. The Morgan fingerprint density at radius 1 is 1.06 bits per heavy atom. The minimum atomic E-state index is 0.870. The van der Waals surface area contributed by atoms with E-state index in [2.05, 4.69) is 48.3 Å². The maximum Gasteiger partial charge on any atom is 0.138 e. The molecule has 2 rings (SSSR count). The zero-order valence-electron chi connectivity index (χ0n) is 11.5. The largest absolute Gasteiger partial charge is 0.361 e. The molecule has 96 valence electrons. The van der Waals surface area contributed by atoms with Crippen LogP contribution in [-0.4, -0.2) is 17.1 Å². The van der Waals surface area contributed by atoms with Crippen molar-refractivity contribution < 1.29 is 4.52 Å². The fraction of sp³-hybridized carbons (Fsp3) is 0.400. The molecule has 0 unspecified atom stereocenters. The van der Waals surface area contributed by atoms with E-state index in [4.69, 9.17) is 4.52 Å². The van der Waals surface area contributed by atoms with Crippen LogP contribution in [0.1, 0.15) is 28.1 Å². The predicted octanol–water partition coefficient (Wildman–Crippen LogP) is 3.23. The van der Waals surface area contributed by atoms with E-state index >= 15 is 0 Å². The minimum absolute atomic E-state index is 0.870. The second kappa shape index (κ2) is 5.36. The molecule has 0 N–H and O–H groups in total. The zero-order valence-corrected chi connectivity index (χ0v) is 11.5. The summed E-state index contributed by atoms with van der Waals surface area (Å²) in [5.74, 6) is 0.920. The highest BCUT2D eigenvalue weighted by Crippen LogP contribution is 2.15. The molecule has 1 aromatic heterocycles. The number of aromatic nitrogens is 1. The van der Waals surface area contributed by atoms with Crippen molar-refractivity contribution in [2.75, 3.05) is 7.05 Å². The van der Waals surface area contributed by atoms with Gasteiger partial charge in [-0.1, -0.05) is 35.0 Å². The lowest BCUT2D eigenvalue weighted by Gasteiger charge is -2.16. The summed E-state index contributed by atoms with van der Waals surface area (Å²) in [6.07, 6.45) is 0. The average Bonchev–Trinajstić information content (AvgIpc) is 2.64. The quantitative estimate of drug-likeness (QED) is 0.827. The molecule has 18 heavy (non-hydrogen) atoms. The highest BCUT2D eigenvalue weighted by Gasteiger charge is 2.11. The molecule has 0 fully saturated rings. The van der Waals surface area contributed by atoms with Gasteiger partial charge in [-0.2, -0.15) is 0 Å². The number of hydrogen-bond acceptors (Lipinski definition) is 3. The van der Waals surface area contributed by atoms with Crippen molar-refractivity contribution in [1.29, 1.82) is 0 Å². The average molecular weight is 244 g/mol. The Labute approximate surface area is 108 Å². The summed E-state index contributed by atoms with van der Waals surface area (Å²) in [6.45, 7) is 7.87. The van der Waals surface area contributed by atoms with Gasteiger partial charge in [-0.05, 0) is 33.4 Å². The first-order valence-electron chi connectivity index (χ1n) is 6.22. The highest BCUT2D eigenvalue weighted by atomic mass is 16.5. The van der Waals surface area contributed by atoms with E-state index in [0.717, 1.165) is 24.5 Å². The Morgan fingerprint density at radius 3 is 2.28 bits per heavy atom. The van der Waals surface area contributed by atoms with Gasteiger partial charge in [0.1, 0.15) is 5.76 Å². The first kappa shape index (κ1) is 12.8. The van der Waals surface area contributed by atoms with Crippen LogP contribution >= 0.6 is 0 Å². The van der Waals surface area contributed by atoms with Gasteiger partial charge in [-0.3, -0.25) is 4.90 Å². The van der Waals surface area contributed by atoms with Gasteiger partial charge >= 0.3 is 0 Å². The van der Waals surface area contributed by atoms with Crippen molar-refractivity contribution in [3.63, 3.8) is 0 Å². The molecule has 3 nitrogen and oxygen atoms in total. The summed E-state index contributed by atoms with van der Waals surface area (Å²) in [6, 6.07) is 8.66. The van der Waals surface area contributed by atoms with Gasteiger partial charge in [0.2, 0.25) is 0 Å². The Bertz CT molecular complexity index is 494. The molecule has 3 heteroatoms. The molecule has 0 aliphatic heterocycles. The minimum Gasteiger partial charge on any atom is -0.361 e. The van der Waals surface area contributed by atoms with Crippen molar-refractivity contribution in [2.45, 2.75) is 33.9 Å². The highest BCUT2D eigenvalue weighted by molar-refractivity contribution is 5.23. The summed E-state index contributed by atoms with van der Waals surface area (Å²) in [7, 11) is 2.12. The molecular formula is C15H20N2O. The van der Waals surface area contributed by atoms with Gasteiger partial charge in [-0.25, -0.2) is 0 Å². The van der Waals surface area contributed by atoms with Crippen molar-refractivity contribution in [2.24, 2.45) is 0 Å². The Morgan fingerprint density at radius 2 is 1.72 bits per heavy atom. The van der Waals surface area contributed by atoms with E-state index in [1.165, 1.54) is 16.7 Å². The monoisotopic (exact) mass is 244 g/mol. The molecule has 0 aliphatic rings. The summed E-state index contributed by atoms with van der Waals surface area (Å²) < 4.78 is 5.19. The van der Waals surface area contributed by atoms with Crippen LogP contribution in [0.4, 0.5) is 0 Å². The van der Waals surface area contributed by atoms with E-state index in [0.29, 0.717) is 0 Å². The molecule has 0 saturated heterocycles. The lowest BCUT2D eigenvalue weighted by molar-refractivity contribution is 0.315. The van der Waals surface area contributed by atoms with Crippen molar-refractivity contribution >= 4 is 0 Å². The normalized spacial score (nSPS) is 11.2. The summed E-state index contributed by atoms with van der Waals surface area (Å²) in [4.78, 5) is 2.28. The smallest absolute Gasteiger partial charge is 0.138 e. The second-order valence-electron chi connectivity index (χ2n) is 4.96. The second-order valence-corrected chi connectivity index (χ2v) is 4.96. The molecular weight excluding hydrogens is 224 g/mol. The van der Waals surface area contributed by atoms with Crippen molar-refractivity contribution in [3.05, 3.63) is 52.4 Å². The third kappa shape index (κ3) is 2.99. The van der Waals surface area contributed by atoms with E-state index < -0.39 is 0 Å². The molecule has 0 atom stereocenters. The van der Waals surface area contributed by atoms with Crippen LogP contribution < -0.4 is 0 Å². The molecule has 0 aliphatic carbocycles. The van der Waals surface area contributed by atoms with Gasteiger partial charge in [0.05, 0.1) is 5.69 Å². The topological polar surface area (TPSA) is 29.3 Å². The maximum atomic E-state index is 5.19. The van der Waals surface area contributed by atoms with Crippen molar-refractivity contribution in [1.82, 2.24) is 10.1 Å². The lowest BCUT2D eigenvalue weighted by Crippen LogP contribution is -2.17. The first-order chi connectivity index (χ1) is 8.56. The van der Waals surface area contributed by atoms with Crippen LogP contribution in [0.3, 0.4) is 0 Å². The van der Waals surface area contributed by atoms with Crippen LogP contribution in [-0.2, 0) is 13.1 Å². The number of benzene rings is 1. The Hall–Kier alpha value is -1.61. The van der Waals surface area contributed by atoms with E-state index in [-0.39, 0.29) is 0 Å². The molecule has 0 radical (unpaired) electrons. The van der Waals surface area contributed by atoms with Crippen molar-refractivity contribution in [3.8, 4) is 0 Å². The van der Waals surface area contributed by atoms with Crippen LogP contribution in [0.5, 0.6) is 0 Å². The molecule has 0 bridgehead atoms. The van der Waals surface area contributed by atoms with E-state index in [9.17, 15) is 0 Å². The number of aryl methyl sites for hydroxylation is 3. The van der Waals surface area contributed by atoms with E-state index in [1.807, 2.05) is 13.8 Å². The van der Waals surface area contributed by atoms with Crippen LogP contribution in [0.2, 0.25) is 0 Å². The molecule has 2 aromatic rings. The molecule has 0 amide bonds. The first-order valence-corrected chi connectivity index (χ1v) is 6.22. The molecule has 0 spiro atoms. The van der Waals surface area contributed by atoms with Gasteiger partial charge in [0.15, 0.2) is 0 Å². The molecule has 0 saturated carbocycles. The molecule has 1 aromatic carbocycles. The lowest BCUT2D eigenvalue weighted by atomic mass is 10.1.